The van der Waals surface area contributed by atoms with Gasteiger partial charge in [0.15, 0.2) is 0 Å². The lowest BCUT2D eigenvalue weighted by Crippen LogP contribution is -2.22. The summed E-state index contributed by atoms with van der Waals surface area (Å²) in [6.07, 6.45) is -0.363. The maximum atomic E-state index is 12.6. The molecule has 1 saturated carbocycles. The van der Waals surface area contributed by atoms with Gasteiger partial charge in [-0.25, -0.2) is 0 Å². The molecule has 2 N–H and O–H groups in total. The van der Waals surface area contributed by atoms with E-state index in [4.69, 9.17) is 0 Å². The highest BCUT2D eigenvalue weighted by Gasteiger charge is 2.30. The zero-order chi connectivity index (χ0) is 14.6. The Morgan fingerprint density at radius 3 is 2.70 bits per heavy atom. The van der Waals surface area contributed by atoms with Crippen molar-refractivity contribution in [3.05, 3.63) is 35.4 Å². The SMILES string of the molecule is OC(CNCCCC1CC1)c1cccc(C(F)(F)F)c1. The second-order valence-electron chi connectivity index (χ2n) is 5.43. The van der Waals surface area contributed by atoms with Crippen molar-refractivity contribution in [2.75, 3.05) is 13.1 Å². The largest absolute Gasteiger partial charge is 0.416 e. The summed E-state index contributed by atoms with van der Waals surface area (Å²) in [4.78, 5) is 0. The number of aliphatic hydroxyl groups excluding tert-OH is 1. The fraction of sp³-hybridized carbons (Fsp3) is 0.600. The Bertz CT molecular complexity index is 429. The summed E-state index contributed by atoms with van der Waals surface area (Å²) in [7, 11) is 0. The van der Waals surface area contributed by atoms with Gasteiger partial charge >= 0.3 is 6.18 Å². The average molecular weight is 287 g/mol. The fourth-order valence-corrected chi connectivity index (χ4v) is 2.20. The van der Waals surface area contributed by atoms with Crippen molar-refractivity contribution in [3.63, 3.8) is 0 Å². The minimum Gasteiger partial charge on any atom is -0.387 e. The van der Waals surface area contributed by atoms with E-state index in [2.05, 4.69) is 5.32 Å². The van der Waals surface area contributed by atoms with Crippen molar-refractivity contribution >= 4 is 0 Å². The molecule has 2 rings (SSSR count). The van der Waals surface area contributed by atoms with Gasteiger partial charge in [-0.2, -0.15) is 13.2 Å². The highest BCUT2D eigenvalue weighted by Crippen LogP contribution is 2.33. The minimum atomic E-state index is -4.37. The highest BCUT2D eigenvalue weighted by molar-refractivity contribution is 5.27. The molecule has 1 aliphatic rings. The monoisotopic (exact) mass is 287 g/mol. The van der Waals surface area contributed by atoms with Gasteiger partial charge in [-0.05, 0) is 43.0 Å². The highest BCUT2D eigenvalue weighted by atomic mass is 19.4. The van der Waals surface area contributed by atoms with Crippen molar-refractivity contribution in [1.29, 1.82) is 0 Å². The summed E-state index contributed by atoms with van der Waals surface area (Å²) >= 11 is 0. The number of hydrogen-bond donors (Lipinski definition) is 2. The number of rotatable bonds is 7. The van der Waals surface area contributed by atoms with Gasteiger partial charge in [-0.1, -0.05) is 25.0 Å². The van der Waals surface area contributed by atoms with E-state index >= 15 is 0 Å². The van der Waals surface area contributed by atoms with E-state index in [1.54, 1.807) is 0 Å². The van der Waals surface area contributed by atoms with Gasteiger partial charge in [0.05, 0.1) is 11.7 Å². The molecular formula is C15H20F3NO. The lowest BCUT2D eigenvalue weighted by atomic mass is 10.1. The quantitative estimate of drug-likeness (QED) is 0.752. The van der Waals surface area contributed by atoms with Gasteiger partial charge in [-0.15, -0.1) is 0 Å². The Balaban J connectivity index is 1.77. The van der Waals surface area contributed by atoms with E-state index in [1.165, 1.54) is 31.4 Å². The molecule has 1 unspecified atom stereocenters. The van der Waals surface area contributed by atoms with Gasteiger partial charge in [0.2, 0.25) is 0 Å². The van der Waals surface area contributed by atoms with Crippen molar-refractivity contribution in [2.45, 2.75) is 38.0 Å². The molecular weight excluding hydrogens is 267 g/mol. The number of nitrogens with one attached hydrogen (secondary N) is 1. The third-order valence-corrected chi connectivity index (χ3v) is 3.60. The molecule has 5 heteroatoms. The van der Waals surface area contributed by atoms with Crippen molar-refractivity contribution in [3.8, 4) is 0 Å². The Kier molecular flexibility index (Phi) is 5.05. The Morgan fingerprint density at radius 2 is 2.05 bits per heavy atom. The predicted molar refractivity (Wildman–Crippen MR) is 71.2 cm³/mol. The molecule has 112 valence electrons. The Morgan fingerprint density at radius 1 is 1.30 bits per heavy atom. The van der Waals surface area contributed by atoms with Crippen LogP contribution in [0.1, 0.15) is 42.9 Å². The van der Waals surface area contributed by atoms with Crippen LogP contribution in [0.5, 0.6) is 0 Å². The van der Waals surface area contributed by atoms with Crippen molar-refractivity contribution in [1.82, 2.24) is 5.32 Å². The summed E-state index contributed by atoms with van der Waals surface area (Å²) in [6, 6.07) is 4.87. The number of benzene rings is 1. The predicted octanol–water partition coefficient (Wildman–Crippen LogP) is 3.52. The first-order valence-corrected chi connectivity index (χ1v) is 7.03. The number of hydrogen-bond acceptors (Lipinski definition) is 2. The van der Waals surface area contributed by atoms with E-state index in [0.29, 0.717) is 5.56 Å². The van der Waals surface area contributed by atoms with Gasteiger partial charge in [0.25, 0.3) is 0 Å². The van der Waals surface area contributed by atoms with Crippen LogP contribution in [0, 0.1) is 5.92 Å². The van der Waals surface area contributed by atoms with Gasteiger partial charge in [-0.3, -0.25) is 0 Å². The lowest BCUT2D eigenvalue weighted by Gasteiger charge is -2.14. The van der Waals surface area contributed by atoms with Crippen LogP contribution >= 0.6 is 0 Å². The van der Waals surface area contributed by atoms with E-state index in [-0.39, 0.29) is 6.54 Å². The van der Waals surface area contributed by atoms with Crippen LogP contribution in [-0.2, 0) is 6.18 Å². The number of aliphatic hydroxyl groups is 1. The summed E-state index contributed by atoms with van der Waals surface area (Å²) in [6.45, 7) is 1.08. The molecule has 2 nitrogen and oxygen atoms in total. The molecule has 0 bridgehead atoms. The van der Waals surface area contributed by atoms with Crippen LogP contribution in [0.25, 0.3) is 0 Å². The summed E-state index contributed by atoms with van der Waals surface area (Å²) < 4.78 is 37.7. The van der Waals surface area contributed by atoms with E-state index < -0.39 is 17.8 Å². The van der Waals surface area contributed by atoms with Crippen molar-refractivity contribution in [2.24, 2.45) is 5.92 Å². The summed E-state index contributed by atoms with van der Waals surface area (Å²) in [5, 5.41) is 13.0. The van der Waals surface area contributed by atoms with Gasteiger partial charge in [0, 0.05) is 6.54 Å². The molecule has 0 heterocycles. The molecule has 1 aromatic carbocycles. The number of halogens is 3. The average Bonchev–Trinajstić information content (AvgIpc) is 3.21. The smallest absolute Gasteiger partial charge is 0.387 e. The standard InChI is InChI=1S/C15H20F3NO/c16-15(17,18)13-5-1-4-12(9-13)14(20)10-19-8-2-3-11-6-7-11/h1,4-5,9,11,14,19-20H,2-3,6-8,10H2. The van der Waals surface area contributed by atoms with Crippen LogP contribution < -0.4 is 5.32 Å². The van der Waals surface area contributed by atoms with Crippen molar-refractivity contribution < 1.29 is 18.3 Å². The molecule has 20 heavy (non-hydrogen) atoms. The molecule has 1 aliphatic carbocycles. The normalized spacial score (nSPS) is 17.2. The van der Waals surface area contributed by atoms with Crippen LogP contribution in [-0.4, -0.2) is 18.2 Å². The first kappa shape index (κ1) is 15.3. The van der Waals surface area contributed by atoms with E-state index in [9.17, 15) is 18.3 Å². The zero-order valence-electron chi connectivity index (χ0n) is 11.3. The minimum absolute atomic E-state index is 0.284. The third kappa shape index (κ3) is 4.80. The molecule has 0 spiro atoms. The molecule has 1 aromatic rings. The van der Waals surface area contributed by atoms with Crippen LogP contribution in [0.2, 0.25) is 0 Å². The molecule has 0 saturated heterocycles. The van der Waals surface area contributed by atoms with E-state index in [1.807, 2.05) is 0 Å². The van der Waals surface area contributed by atoms with Crippen LogP contribution in [0.3, 0.4) is 0 Å². The fourth-order valence-electron chi connectivity index (χ4n) is 2.20. The van der Waals surface area contributed by atoms with Gasteiger partial charge < -0.3 is 10.4 Å². The van der Waals surface area contributed by atoms with Crippen LogP contribution in [0.15, 0.2) is 24.3 Å². The molecule has 1 atom stereocenters. The summed E-state index contributed by atoms with van der Waals surface area (Å²) in [5.74, 6) is 0.880. The molecule has 0 aromatic heterocycles. The van der Waals surface area contributed by atoms with E-state index in [0.717, 1.165) is 31.0 Å². The van der Waals surface area contributed by atoms with Crippen LogP contribution in [0.4, 0.5) is 13.2 Å². The second kappa shape index (κ2) is 6.59. The molecule has 0 amide bonds. The maximum absolute atomic E-state index is 12.6. The summed E-state index contributed by atoms with van der Waals surface area (Å²) in [5.41, 5.74) is -0.419. The Labute approximate surface area is 117 Å². The second-order valence-corrected chi connectivity index (χ2v) is 5.43. The number of alkyl halides is 3. The zero-order valence-corrected chi connectivity index (χ0v) is 11.3. The third-order valence-electron chi connectivity index (χ3n) is 3.60. The molecule has 0 radical (unpaired) electrons. The molecule has 1 fully saturated rings. The lowest BCUT2D eigenvalue weighted by molar-refractivity contribution is -0.137. The Hall–Kier alpha value is -1.07. The first-order chi connectivity index (χ1) is 9.47. The maximum Gasteiger partial charge on any atom is 0.416 e. The van der Waals surface area contributed by atoms with Gasteiger partial charge in [0.1, 0.15) is 0 Å². The first-order valence-electron chi connectivity index (χ1n) is 7.03. The topological polar surface area (TPSA) is 32.3 Å². The molecule has 0 aliphatic heterocycles.